The molecule has 3 heterocycles. The molecular weight excluding hydrogens is 290 g/mol. The smallest absolute Gasteiger partial charge is 0.153 e. The monoisotopic (exact) mass is 307 g/mol. The topological polar surface area (TPSA) is 136 Å². The van der Waals surface area contributed by atoms with E-state index in [0.29, 0.717) is 18.7 Å². The van der Waals surface area contributed by atoms with E-state index < -0.39 is 29.5 Å². The Kier molecular flexibility index (Phi) is 2.16. The second-order valence-electron chi connectivity index (χ2n) is 6.73. The third-order valence-electron chi connectivity index (χ3n) is 5.55. The predicted octanol–water partition coefficient (Wildman–Crippen LogP) is -2.81. The molecule has 5 unspecified atom stereocenters. The number of aliphatic hydroxyl groups excluding tert-OH is 3. The number of nitrogens with two attached hydrogens (primary N) is 1. The molecule has 2 aliphatic carbocycles. The maximum absolute atomic E-state index is 10.4. The van der Waals surface area contributed by atoms with Crippen molar-refractivity contribution in [3.8, 4) is 0 Å². The van der Waals surface area contributed by atoms with Crippen LogP contribution in [-0.4, -0.2) is 86.5 Å². The number of fused-ring (bicyclic) bond motifs is 1. The van der Waals surface area contributed by atoms with Crippen molar-refractivity contribution < 1.29 is 20.1 Å². The largest absolute Gasteiger partial charge is 0.390 e. The first-order chi connectivity index (χ1) is 10.5. The molecule has 5 N–H and O–H groups in total. The van der Waals surface area contributed by atoms with E-state index in [0.717, 1.165) is 0 Å². The van der Waals surface area contributed by atoms with E-state index in [1.54, 1.807) is 6.34 Å². The molecule has 3 aliphatic heterocycles. The van der Waals surface area contributed by atoms with Crippen molar-refractivity contribution in [2.24, 2.45) is 20.7 Å². The lowest BCUT2D eigenvalue weighted by molar-refractivity contribution is -0.0558. The average molecular weight is 307 g/mol. The van der Waals surface area contributed by atoms with E-state index in [4.69, 9.17) is 10.5 Å². The molecule has 0 aromatic heterocycles. The summed E-state index contributed by atoms with van der Waals surface area (Å²) in [7, 11) is 0. The predicted molar refractivity (Wildman–Crippen MR) is 75.6 cm³/mol. The van der Waals surface area contributed by atoms with Gasteiger partial charge in [-0.25, -0.2) is 9.98 Å². The van der Waals surface area contributed by atoms with Gasteiger partial charge < -0.3 is 30.7 Å². The van der Waals surface area contributed by atoms with Gasteiger partial charge in [0.1, 0.15) is 41.6 Å². The summed E-state index contributed by atoms with van der Waals surface area (Å²) < 4.78 is 5.96. The van der Waals surface area contributed by atoms with E-state index in [-0.39, 0.29) is 18.2 Å². The van der Waals surface area contributed by atoms with Crippen LogP contribution >= 0.6 is 0 Å². The summed E-state index contributed by atoms with van der Waals surface area (Å²) in [6, 6.07) is -0.460. The number of hydrogen-bond acceptors (Lipinski definition) is 9. The van der Waals surface area contributed by atoms with Gasteiger partial charge in [0.2, 0.25) is 0 Å². The van der Waals surface area contributed by atoms with Crippen LogP contribution in [0, 0.1) is 0 Å². The molecule has 0 aromatic carbocycles. The van der Waals surface area contributed by atoms with Gasteiger partial charge in [-0.1, -0.05) is 0 Å². The van der Waals surface area contributed by atoms with Gasteiger partial charge in [0.05, 0.1) is 18.5 Å². The van der Waals surface area contributed by atoms with Gasteiger partial charge in [-0.05, 0) is 0 Å². The van der Waals surface area contributed by atoms with Crippen LogP contribution in [0.1, 0.15) is 12.8 Å². The van der Waals surface area contributed by atoms with Crippen LogP contribution in [0.5, 0.6) is 0 Å². The third-order valence-corrected chi connectivity index (χ3v) is 5.55. The molecule has 1 saturated heterocycles. The first-order valence-electron chi connectivity index (χ1n) is 7.39. The number of nitrogens with zero attached hydrogens (tertiary/aromatic N) is 4. The second-order valence-corrected chi connectivity index (χ2v) is 6.73. The molecule has 5 rings (SSSR count). The van der Waals surface area contributed by atoms with Gasteiger partial charge in [-0.3, -0.25) is 4.99 Å². The zero-order valence-corrected chi connectivity index (χ0v) is 11.6. The van der Waals surface area contributed by atoms with E-state index in [1.807, 2.05) is 4.90 Å². The van der Waals surface area contributed by atoms with Gasteiger partial charge >= 0.3 is 0 Å². The zero-order valence-electron chi connectivity index (χ0n) is 11.6. The van der Waals surface area contributed by atoms with Crippen molar-refractivity contribution >= 4 is 18.5 Å². The third kappa shape index (κ3) is 1.31. The lowest BCUT2D eigenvalue weighted by atomic mass is 10.0. The van der Waals surface area contributed by atoms with Crippen LogP contribution in [0.25, 0.3) is 0 Å². The highest BCUT2D eigenvalue weighted by molar-refractivity contribution is 5.96. The standard InChI is InChI=1S/C13H17N5O4/c14-10-7-11(16-3-15-10)18(4-17-7)5-1-12(5)8(20)9(21)13(22-12)2-6(13)19/h3-9,11,19-21H,1-2H2,(H2,14,15,16)/t5?,6?,7?,8-,9+,11?,12-,13?/m1/s1. The maximum atomic E-state index is 10.4. The van der Waals surface area contributed by atoms with E-state index in [1.165, 1.54) is 6.34 Å². The first kappa shape index (κ1) is 12.9. The van der Waals surface area contributed by atoms with Gasteiger partial charge in [-0.2, -0.15) is 0 Å². The Labute approximate surface area is 125 Å². The SMILES string of the molecule is NC1=NC=NC2C1N=CN2C1C[C@@]12OC1(CC1O)[C@@H](O)[C@H]2O. The Balaban J connectivity index is 1.41. The minimum atomic E-state index is -1.07. The number of aliphatic imine (C=N–C) groups is 3. The normalized spacial score (nSPS) is 57.6. The molecule has 3 fully saturated rings. The Morgan fingerprint density at radius 1 is 1.18 bits per heavy atom. The molecule has 22 heavy (non-hydrogen) atoms. The second kappa shape index (κ2) is 3.67. The Morgan fingerprint density at radius 3 is 2.59 bits per heavy atom. The zero-order chi connectivity index (χ0) is 15.3. The van der Waals surface area contributed by atoms with Crippen molar-refractivity contribution in [3.63, 3.8) is 0 Å². The Morgan fingerprint density at radius 2 is 1.91 bits per heavy atom. The number of hydrogen-bond donors (Lipinski definition) is 4. The number of amidine groups is 1. The summed E-state index contributed by atoms with van der Waals surface area (Å²) in [5.74, 6) is 0.412. The van der Waals surface area contributed by atoms with Crippen LogP contribution in [0.4, 0.5) is 0 Å². The minimum absolute atomic E-state index is 0.147. The van der Waals surface area contributed by atoms with Gasteiger partial charge in [0.15, 0.2) is 6.17 Å². The molecule has 0 aromatic rings. The number of ether oxygens (including phenoxy) is 1. The summed E-state index contributed by atoms with van der Waals surface area (Å²) in [6.45, 7) is 0. The Bertz CT molecular complexity index is 638. The molecule has 0 amide bonds. The quantitative estimate of drug-likeness (QED) is 0.413. The van der Waals surface area contributed by atoms with Crippen molar-refractivity contribution in [2.45, 2.75) is 60.6 Å². The van der Waals surface area contributed by atoms with Crippen LogP contribution in [0.3, 0.4) is 0 Å². The van der Waals surface area contributed by atoms with Gasteiger partial charge in [0, 0.05) is 12.8 Å². The molecule has 8 atom stereocenters. The summed E-state index contributed by atoms with van der Waals surface area (Å²) in [5, 5.41) is 30.4. The summed E-state index contributed by atoms with van der Waals surface area (Å²) in [6.07, 6.45) is 0.907. The van der Waals surface area contributed by atoms with Gasteiger partial charge in [0.25, 0.3) is 0 Å². The highest BCUT2D eigenvalue weighted by atomic mass is 16.6. The van der Waals surface area contributed by atoms with Crippen LogP contribution in [0.2, 0.25) is 0 Å². The molecular formula is C13H17N5O4. The molecule has 118 valence electrons. The maximum Gasteiger partial charge on any atom is 0.153 e. The number of rotatable bonds is 1. The van der Waals surface area contributed by atoms with Crippen molar-refractivity contribution in [3.05, 3.63) is 0 Å². The summed E-state index contributed by atoms with van der Waals surface area (Å²) in [4.78, 5) is 14.5. The molecule has 0 radical (unpaired) electrons. The highest BCUT2D eigenvalue weighted by Crippen LogP contribution is 2.63. The summed E-state index contributed by atoms with van der Waals surface area (Å²) >= 11 is 0. The molecule has 5 aliphatic rings. The molecule has 2 spiro atoms. The van der Waals surface area contributed by atoms with E-state index in [2.05, 4.69) is 15.0 Å². The van der Waals surface area contributed by atoms with Crippen molar-refractivity contribution in [1.82, 2.24) is 4.90 Å². The molecule has 0 bridgehead atoms. The van der Waals surface area contributed by atoms with Crippen LogP contribution in [-0.2, 0) is 4.74 Å². The molecule has 9 heteroatoms. The molecule has 2 saturated carbocycles. The van der Waals surface area contributed by atoms with E-state index >= 15 is 0 Å². The van der Waals surface area contributed by atoms with Crippen molar-refractivity contribution in [1.29, 1.82) is 0 Å². The van der Waals surface area contributed by atoms with Crippen molar-refractivity contribution in [2.75, 3.05) is 0 Å². The summed E-state index contributed by atoms with van der Waals surface area (Å²) in [5.41, 5.74) is 3.97. The van der Waals surface area contributed by atoms with Crippen LogP contribution < -0.4 is 5.73 Å². The fourth-order valence-corrected chi connectivity index (χ4v) is 4.06. The minimum Gasteiger partial charge on any atom is -0.390 e. The fourth-order valence-electron chi connectivity index (χ4n) is 4.06. The van der Waals surface area contributed by atoms with Gasteiger partial charge in [-0.15, -0.1) is 0 Å². The molecule has 9 nitrogen and oxygen atoms in total. The highest BCUT2D eigenvalue weighted by Gasteiger charge is 2.80. The lowest BCUT2D eigenvalue weighted by Crippen LogP contribution is -2.47. The van der Waals surface area contributed by atoms with Crippen LogP contribution in [0.15, 0.2) is 15.0 Å². The van der Waals surface area contributed by atoms with E-state index in [9.17, 15) is 15.3 Å². The fraction of sp³-hybridized carbons (Fsp3) is 0.769. The average Bonchev–Trinajstić information content (AvgIpc) is 3.29. The Hall–Kier alpha value is -1.55. The first-order valence-corrected chi connectivity index (χ1v) is 7.39. The lowest BCUT2D eigenvalue weighted by Gasteiger charge is -2.28. The number of aliphatic hydroxyl groups is 3.